The van der Waals surface area contributed by atoms with Crippen LogP contribution in [0, 0.1) is 0 Å². The molecular weight excluding hydrogens is 366 g/mol. The molecule has 0 aliphatic rings. The molecule has 1 aromatic heterocycles. The quantitative estimate of drug-likeness (QED) is 0.535. The summed E-state index contributed by atoms with van der Waals surface area (Å²) in [5.74, 6) is 0.621. The number of benzene rings is 2. The van der Waals surface area contributed by atoms with Gasteiger partial charge in [0.15, 0.2) is 0 Å². The summed E-state index contributed by atoms with van der Waals surface area (Å²) < 4.78 is 0. The standard InChI is InChI=1S/C19H17N3O2S2/c20-19(24)22-14-6-3-5-13(11-14)21-18(23)16-8-1-2-9-17(16)26-12-15-7-4-10-25-15/h1-11H,12H2,(H,21,23)(H3,20,22,24). The minimum atomic E-state index is -0.649. The Kier molecular flexibility index (Phi) is 5.93. The zero-order chi connectivity index (χ0) is 18.4. The molecule has 5 nitrogen and oxygen atoms in total. The van der Waals surface area contributed by atoms with Crippen molar-refractivity contribution in [2.75, 3.05) is 10.6 Å². The van der Waals surface area contributed by atoms with E-state index in [-0.39, 0.29) is 5.91 Å². The van der Waals surface area contributed by atoms with Crippen LogP contribution in [0.1, 0.15) is 15.2 Å². The van der Waals surface area contributed by atoms with Gasteiger partial charge < -0.3 is 16.4 Å². The summed E-state index contributed by atoms with van der Waals surface area (Å²) in [5, 5.41) is 7.40. The molecule has 3 aromatic rings. The summed E-state index contributed by atoms with van der Waals surface area (Å²) in [6, 6.07) is 17.8. The summed E-state index contributed by atoms with van der Waals surface area (Å²) in [4.78, 5) is 25.8. The van der Waals surface area contributed by atoms with Crippen molar-refractivity contribution in [2.45, 2.75) is 10.6 Å². The second-order valence-corrected chi connectivity index (χ2v) is 7.44. The van der Waals surface area contributed by atoms with Crippen molar-refractivity contribution in [3.05, 3.63) is 76.5 Å². The minimum absolute atomic E-state index is 0.199. The van der Waals surface area contributed by atoms with Crippen LogP contribution in [0.5, 0.6) is 0 Å². The van der Waals surface area contributed by atoms with Gasteiger partial charge in [0.2, 0.25) is 0 Å². The summed E-state index contributed by atoms with van der Waals surface area (Å²) >= 11 is 3.33. The number of amides is 3. The maximum atomic E-state index is 12.7. The zero-order valence-corrected chi connectivity index (χ0v) is 15.4. The van der Waals surface area contributed by atoms with Gasteiger partial charge in [0.25, 0.3) is 5.91 Å². The van der Waals surface area contributed by atoms with Gasteiger partial charge in [-0.3, -0.25) is 4.79 Å². The number of rotatable bonds is 6. The van der Waals surface area contributed by atoms with Crippen molar-refractivity contribution in [3.63, 3.8) is 0 Å². The third-order valence-corrected chi connectivity index (χ3v) is 5.65. The molecule has 132 valence electrons. The fourth-order valence-corrected chi connectivity index (χ4v) is 4.16. The molecule has 0 unspecified atom stereocenters. The van der Waals surface area contributed by atoms with E-state index in [2.05, 4.69) is 16.7 Å². The van der Waals surface area contributed by atoms with E-state index >= 15 is 0 Å². The van der Waals surface area contributed by atoms with Crippen molar-refractivity contribution < 1.29 is 9.59 Å². The van der Waals surface area contributed by atoms with E-state index in [1.54, 1.807) is 53.4 Å². The van der Waals surface area contributed by atoms with Crippen LogP contribution in [0.2, 0.25) is 0 Å². The maximum absolute atomic E-state index is 12.7. The number of urea groups is 1. The van der Waals surface area contributed by atoms with Gasteiger partial charge in [-0.05, 0) is 41.8 Å². The highest BCUT2D eigenvalue weighted by Gasteiger charge is 2.12. The van der Waals surface area contributed by atoms with Crippen LogP contribution in [0.25, 0.3) is 0 Å². The van der Waals surface area contributed by atoms with Gasteiger partial charge >= 0.3 is 6.03 Å². The molecule has 0 fully saturated rings. The number of carbonyl (C=O) groups is 2. The highest BCUT2D eigenvalue weighted by molar-refractivity contribution is 7.98. The first-order chi connectivity index (χ1) is 12.6. The van der Waals surface area contributed by atoms with Gasteiger partial charge in [-0.1, -0.05) is 24.3 Å². The van der Waals surface area contributed by atoms with E-state index in [1.165, 1.54) is 4.88 Å². The van der Waals surface area contributed by atoms with Gasteiger partial charge in [-0.2, -0.15) is 0 Å². The molecule has 0 bridgehead atoms. The molecule has 4 N–H and O–H groups in total. The molecule has 0 aliphatic carbocycles. The van der Waals surface area contributed by atoms with E-state index in [9.17, 15) is 9.59 Å². The SMILES string of the molecule is NC(=O)Nc1cccc(NC(=O)c2ccccc2SCc2cccs2)c1. The Morgan fingerprint density at radius 3 is 2.46 bits per heavy atom. The van der Waals surface area contributed by atoms with E-state index in [0.717, 1.165) is 10.6 Å². The van der Waals surface area contributed by atoms with Crippen LogP contribution in [-0.2, 0) is 5.75 Å². The largest absolute Gasteiger partial charge is 0.351 e. The van der Waals surface area contributed by atoms with Crippen LogP contribution >= 0.6 is 23.1 Å². The average molecular weight is 383 g/mol. The number of hydrogen-bond donors (Lipinski definition) is 3. The topological polar surface area (TPSA) is 84.2 Å². The second kappa shape index (κ2) is 8.55. The lowest BCUT2D eigenvalue weighted by Crippen LogP contribution is -2.19. The number of primary amides is 1. The molecule has 0 aliphatic heterocycles. The molecule has 26 heavy (non-hydrogen) atoms. The fraction of sp³-hybridized carbons (Fsp3) is 0.0526. The van der Waals surface area contributed by atoms with Gasteiger partial charge in [0.1, 0.15) is 0 Å². The number of nitrogens with one attached hydrogen (secondary N) is 2. The first-order valence-corrected chi connectivity index (χ1v) is 9.70. The predicted octanol–water partition coefficient (Wildman–Crippen LogP) is 4.78. The van der Waals surface area contributed by atoms with Crippen LogP contribution in [0.4, 0.5) is 16.2 Å². The highest BCUT2D eigenvalue weighted by Crippen LogP contribution is 2.28. The second-order valence-electron chi connectivity index (χ2n) is 5.39. The summed E-state index contributed by atoms with van der Waals surface area (Å²) in [6.07, 6.45) is 0. The lowest BCUT2D eigenvalue weighted by Gasteiger charge is -2.11. The highest BCUT2D eigenvalue weighted by atomic mass is 32.2. The molecule has 0 spiro atoms. The molecule has 2 aromatic carbocycles. The zero-order valence-electron chi connectivity index (χ0n) is 13.8. The Hall–Kier alpha value is -2.77. The molecular formula is C19H17N3O2S2. The lowest BCUT2D eigenvalue weighted by atomic mass is 10.2. The monoisotopic (exact) mass is 383 g/mol. The minimum Gasteiger partial charge on any atom is -0.351 e. The normalized spacial score (nSPS) is 10.3. The van der Waals surface area contributed by atoms with Crippen LogP contribution in [-0.4, -0.2) is 11.9 Å². The summed E-state index contributed by atoms with van der Waals surface area (Å²) in [6.45, 7) is 0. The van der Waals surface area contributed by atoms with Crippen LogP contribution < -0.4 is 16.4 Å². The molecule has 0 radical (unpaired) electrons. The van der Waals surface area contributed by atoms with E-state index < -0.39 is 6.03 Å². The van der Waals surface area contributed by atoms with E-state index in [4.69, 9.17) is 5.73 Å². The third kappa shape index (κ3) is 4.87. The maximum Gasteiger partial charge on any atom is 0.316 e. The summed E-state index contributed by atoms with van der Waals surface area (Å²) in [5.41, 5.74) is 6.84. The fourth-order valence-electron chi connectivity index (χ4n) is 2.34. The Bertz CT molecular complexity index is 911. The Balaban J connectivity index is 1.72. The smallest absolute Gasteiger partial charge is 0.316 e. The Morgan fingerprint density at radius 1 is 0.962 bits per heavy atom. The number of thiophene rings is 1. The number of hydrogen-bond acceptors (Lipinski definition) is 4. The van der Waals surface area contributed by atoms with E-state index in [1.807, 2.05) is 29.6 Å². The van der Waals surface area contributed by atoms with Gasteiger partial charge in [-0.15, -0.1) is 23.1 Å². The first-order valence-electron chi connectivity index (χ1n) is 7.84. The molecule has 1 heterocycles. The number of nitrogens with two attached hydrogens (primary N) is 1. The van der Waals surface area contributed by atoms with E-state index in [0.29, 0.717) is 16.9 Å². The molecule has 0 atom stereocenters. The third-order valence-electron chi connectivity index (χ3n) is 3.47. The van der Waals surface area contributed by atoms with Gasteiger partial charge in [0, 0.05) is 26.9 Å². The van der Waals surface area contributed by atoms with Gasteiger partial charge in [0.05, 0.1) is 5.56 Å². The molecule has 3 rings (SSSR count). The van der Waals surface area contributed by atoms with Crippen molar-refractivity contribution in [1.82, 2.24) is 0 Å². The summed E-state index contributed by atoms with van der Waals surface area (Å²) in [7, 11) is 0. The number of carbonyl (C=O) groups excluding carboxylic acids is 2. The average Bonchev–Trinajstić information content (AvgIpc) is 3.13. The molecule has 7 heteroatoms. The molecule has 0 saturated heterocycles. The number of thioether (sulfide) groups is 1. The van der Waals surface area contributed by atoms with Gasteiger partial charge in [-0.25, -0.2) is 4.79 Å². The van der Waals surface area contributed by atoms with Crippen molar-refractivity contribution in [1.29, 1.82) is 0 Å². The van der Waals surface area contributed by atoms with Crippen molar-refractivity contribution in [2.24, 2.45) is 5.73 Å². The van der Waals surface area contributed by atoms with Crippen molar-refractivity contribution in [3.8, 4) is 0 Å². The van der Waals surface area contributed by atoms with Crippen LogP contribution in [0.15, 0.2) is 70.9 Å². The van der Waals surface area contributed by atoms with Crippen LogP contribution in [0.3, 0.4) is 0 Å². The predicted molar refractivity (Wildman–Crippen MR) is 108 cm³/mol. The Labute approximate surface area is 159 Å². The van der Waals surface area contributed by atoms with Crippen molar-refractivity contribution >= 4 is 46.4 Å². The lowest BCUT2D eigenvalue weighted by molar-refractivity contribution is 0.102. The molecule has 0 saturated carbocycles. The Morgan fingerprint density at radius 2 is 1.73 bits per heavy atom. The number of anilines is 2. The first kappa shape index (κ1) is 18.0. The molecule has 3 amide bonds.